The largest absolute Gasteiger partial charge is 0.484 e. The van der Waals surface area contributed by atoms with Gasteiger partial charge in [0.15, 0.2) is 6.61 Å². The molecule has 2 aromatic rings. The molecule has 1 aromatic carbocycles. The summed E-state index contributed by atoms with van der Waals surface area (Å²) in [7, 11) is -0.380. The van der Waals surface area contributed by atoms with Crippen molar-refractivity contribution in [2.75, 3.05) is 32.6 Å². The quantitative estimate of drug-likeness (QED) is 0.715. The van der Waals surface area contributed by atoms with Gasteiger partial charge in [0.05, 0.1) is 0 Å². The summed E-state index contributed by atoms with van der Waals surface area (Å²) in [5.41, 5.74) is 0.529. The first-order valence-electron chi connectivity index (χ1n) is 9.08. The lowest BCUT2D eigenvalue weighted by atomic mass is 10.2. The third kappa shape index (κ3) is 4.95. The summed E-state index contributed by atoms with van der Waals surface area (Å²) < 4.78 is 32.5. The Kier molecular flexibility index (Phi) is 6.56. The molecule has 1 fully saturated rings. The van der Waals surface area contributed by atoms with E-state index in [1.807, 2.05) is 0 Å². The summed E-state index contributed by atoms with van der Waals surface area (Å²) >= 11 is 1.14. The second kappa shape index (κ2) is 8.93. The lowest BCUT2D eigenvalue weighted by Gasteiger charge is -2.22. The lowest BCUT2D eigenvalue weighted by molar-refractivity contribution is -0.130. The number of anilines is 1. The second-order valence-corrected chi connectivity index (χ2v) is 9.86. The van der Waals surface area contributed by atoms with Crippen molar-refractivity contribution in [3.05, 3.63) is 41.8 Å². The minimum atomic E-state index is -3.68. The molecule has 8 nitrogen and oxygen atoms in total. The van der Waals surface area contributed by atoms with Crippen LogP contribution in [0.15, 0.2) is 46.0 Å². The van der Waals surface area contributed by atoms with Crippen molar-refractivity contribution in [3.63, 3.8) is 0 Å². The second-order valence-electron chi connectivity index (χ2n) is 6.80. The SMILES string of the molecule is CN(C)C(=O)COc1ccc(NC(=O)C2CCCN2S(=O)(=O)c2cccs2)cc1. The molecule has 1 aromatic heterocycles. The molecule has 1 saturated heterocycles. The van der Waals surface area contributed by atoms with Crippen LogP contribution in [0.25, 0.3) is 0 Å². The van der Waals surface area contributed by atoms with Crippen molar-refractivity contribution < 1.29 is 22.7 Å². The van der Waals surface area contributed by atoms with Crippen molar-refractivity contribution >= 4 is 38.9 Å². The van der Waals surface area contributed by atoms with Crippen LogP contribution in [0.4, 0.5) is 5.69 Å². The molecule has 1 atom stereocenters. The zero-order valence-electron chi connectivity index (χ0n) is 16.2. The van der Waals surface area contributed by atoms with Crippen LogP contribution in [-0.2, 0) is 19.6 Å². The van der Waals surface area contributed by atoms with E-state index in [0.29, 0.717) is 30.8 Å². The third-order valence-corrected chi connectivity index (χ3v) is 7.83. The molecule has 1 aliphatic rings. The van der Waals surface area contributed by atoms with E-state index in [0.717, 1.165) is 11.3 Å². The number of rotatable bonds is 7. The number of ether oxygens (including phenoxy) is 1. The van der Waals surface area contributed by atoms with Gasteiger partial charge in [-0.25, -0.2) is 8.42 Å². The summed E-state index contributed by atoms with van der Waals surface area (Å²) in [4.78, 5) is 25.7. The number of carbonyl (C=O) groups is 2. The van der Waals surface area contributed by atoms with Gasteiger partial charge in [0.1, 0.15) is 16.0 Å². The van der Waals surface area contributed by atoms with E-state index in [4.69, 9.17) is 4.74 Å². The van der Waals surface area contributed by atoms with E-state index in [1.165, 1.54) is 9.21 Å². The number of nitrogens with zero attached hydrogens (tertiary/aromatic N) is 2. The molecule has 10 heteroatoms. The Morgan fingerprint density at radius 2 is 1.97 bits per heavy atom. The number of likely N-dealkylation sites (N-methyl/N-ethyl adjacent to an activating group) is 1. The minimum absolute atomic E-state index is 0.0731. The first-order chi connectivity index (χ1) is 13.8. The highest BCUT2D eigenvalue weighted by Gasteiger charge is 2.39. The van der Waals surface area contributed by atoms with Gasteiger partial charge in [0.25, 0.3) is 15.9 Å². The number of hydrogen-bond donors (Lipinski definition) is 1. The maximum Gasteiger partial charge on any atom is 0.259 e. The van der Waals surface area contributed by atoms with Crippen LogP contribution in [0, 0.1) is 0 Å². The highest BCUT2D eigenvalue weighted by Crippen LogP contribution is 2.29. The summed E-state index contributed by atoms with van der Waals surface area (Å²) in [6, 6.07) is 9.09. The Hall–Kier alpha value is -2.43. The first kappa shape index (κ1) is 21.3. The van der Waals surface area contributed by atoms with Gasteiger partial charge in [-0.1, -0.05) is 6.07 Å². The number of benzene rings is 1. The van der Waals surface area contributed by atoms with E-state index in [1.54, 1.807) is 55.9 Å². The monoisotopic (exact) mass is 437 g/mol. The zero-order valence-corrected chi connectivity index (χ0v) is 17.8. The van der Waals surface area contributed by atoms with Crippen LogP contribution in [0.3, 0.4) is 0 Å². The standard InChI is InChI=1S/C19H23N3O5S2/c1-21(2)17(23)13-27-15-9-7-14(8-10-15)20-19(24)16-5-3-11-22(16)29(25,26)18-6-4-12-28-18/h4,6-10,12,16H,3,5,11,13H2,1-2H3,(H,20,24). The molecule has 1 N–H and O–H groups in total. The Labute approximate surface area is 174 Å². The molecule has 0 spiro atoms. The Balaban J connectivity index is 1.63. The van der Waals surface area contributed by atoms with Crippen LogP contribution in [0.1, 0.15) is 12.8 Å². The van der Waals surface area contributed by atoms with Crippen molar-refractivity contribution in [1.29, 1.82) is 0 Å². The molecular weight excluding hydrogens is 414 g/mol. The first-order valence-corrected chi connectivity index (χ1v) is 11.4. The average molecular weight is 438 g/mol. The van der Waals surface area contributed by atoms with Crippen molar-refractivity contribution in [2.24, 2.45) is 0 Å². The van der Waals surface area contributed by atoms with Gasteiger partial charge in [-0.2, -0.15) is 4.31 Å². The Morgan fingerprint density at radius 3 is 2.59 bits per heavy atom. The predicted octanol–water partition coefficient (Wildman–Crippen LogP) is 2.01. The lowest BCUT2D eigenvalue weighted by Crippen LogP contribution is -2.42. The number of amides is 2. The smallest absolute Gasteiger partial charge is 0.259 e. The molecule has 29 heavy (non-hydrogen) atoms. The van der Waals surface area contributed by atoms with Gasteiger partial charge in [0.2, 0.25) is 5.91 Å². The van der Waals surface area contributed by atoms with E-state index in [9.17, 15) is 18.0 Å². The van der Waals surface area contributed by atoms with Gasteiger partial charge >= 0.3 is 0 Å². The fourth-order valence-corrected chi connectivity index (χ4v) is 5.73. The molecule has 2 amide bonds. The van der Waals surface area contributed by atoms with Gasteiger partial charge in [0, 0.05) is 26.3 Å². The average Bonchev–Trinajstić information content (AvgIpc) is 3.39. The minimum Gasteiger partial charge on any atom is -0.484 e. The van der Waals surface area contributed by atoms with Gasteiger partial charge in [-0.3, -0.25) is 9.59 Å². The summed E-state index contributed by atoms with van der Waals surface area (Å²) in [6.45, 7) is 0.251. The molecule has 1 aliphatic heterocycles. The molecule has 156 valence electrons. The van der Waals surface area contributed by atoms with E-state index in [-0.39, 0.29) is 22.6 Å². The number of carbonyl (C=O) groups excluding carboxylic acids is 2. The molecule has 0 aliphatic carbocycles. The maximum absolute atomic E-state index is 12.8. The van der Waals surface area contributed by atoms with Crippen LogP contribution >= 0.6 is 11.3 Å². The van der Waals surface area contributed by atoms with E-state index >= 15 is 0 Å². The molecule has 1 unspecified atom stereocenters. The molecule has 3 rings (SSSR count). The maximum atomic E-state index is 12.8. The van der Waals surface area contributed by atoms with Crippen LogP contribution in [0.5, 0.6) is 5.75 Å². The molecule has 0 saturated carbocycles. The predicted molar refractivity (Wildman–Crippen MR) is 110 cm³/mol. The van der Waals surface area contributed by atoms with Crippen molar-refractivity contribution in [1.82, 2.24) is 9.21 Å². The molecule has 2 heterocycles. The van der Waals surface area contributed by atoms with Crippen LogP contribution in [0.2, 0.25) is 0 Å². The fraction of sp³-hybridized carbons (Fsp3) is 0.368. The van der Waals surface area contributed by atoms with Gasteiger partial charge in [-0.05, 0) is 48.6 Å². The van der Waals surface area contributed by atoms with Crippen LogP contribution in [-0.4, -0.2) is 62.7 Å². The molecule has 0 radical (unpaired) electrons. The fourth-order valence-electron chi connectivity index (χ4n) is 2.95. The number of nitrogens with one attached hydrogen (secondary N) is 1. The van der Waals surface area contributed by atoms with Crippen molar-refractivity contribution in [3.8, 4) is 5.75 Å². The summed E-state index contributed by atoms with van der Waals surface area (Å²) in [6.07, 6.45) is 1.11. The van der Waals surface area contributed by atoms with Crippen molar-refractivity contribution in [2.45, 2.75) is 23.1 Å². The highest BCUT2D eigenvalue weighted by atomic mass is 32.2. The Bertz CT molecular complexity index is 956. The molecular formula is C19H23N3O5S2. The van der Waals surface area contributed by atoms with Gasteiger partial charge < -0.3 is 15.0 Å². The zero-order chi connectivity index (χ0) is 21.0. The van der Waals surface area contributed by atoms with Crippen LogP contribution < -0.4 is 10.1 Å². The van der Waals surface area contributed by atoms with E-state index in [2.05, 4.69) is 5.32 Å². The normalized spacial score (nSPS) is 17.1. The summed E-state index contributed by atoms with van der Waals surface area (Å²) in [5.74, 6) is -0.0179. The van der Waals surface area contributed by atoms with E-state index < -0.39 is 16.1 Å². The summed E-state index contributed by atoms with van der Waals surface area (Å²) in [5, 5.41) is 4.47. The van der Waals surface area contributed by atoms with Gasteiger partial charge in [-0.15, -0.1) is 11.3 Å². The highest BCUT2D eigenvalue weighted by molar-refractivity contribution is 7.91. The number of hydrogen-bond acceptors (Lipinski definition) is 6. The number of sulfonamides is 1. The third-order valence-electron chi connectivity index (χ3n) is 4.55. The molecule has 0 bridgehead atoms. The Morgan fingerprint density at radius 1 is 1.24 bits per heavy atom. The number of thiophene rings is 1. The topological polar surface area (TPSA) is 96.0 Å².